The fourth-order valence-corrected chi connectivity index (χ4v) is 2.74. The maximum atomic E-state index is 11.5. The molecule has 0 radical (unpaired) electrons. The van der Waals surface area contributed by atoms with E-state index in [4.69, 9.17) is 0 Å². The Morgan fingerprint density at radius 2 is 2.00 bits per heavy atom. The molecular formula is C8H9NO2S. The smallest absolute Gasteiger partial charge is 0.207 e. The predicted molar refractivity (Wildman–Crippen MR) is 45.1 cm³/mol. The number of hydrogen-bond donors (Lipinski definition) is 0. The van der Waals surface area contributed by atoms with Crippen molar-refractivity contribution in [3.63, 3.8) is 0 Å². The molecule has 0 aromatic heterocycles. The first kappa shape index (κ1) is 7.76. The molecule has 0 saturated carbocycles. The first-order chi connectivity index (χ1) is 5.62. The Balaban J connectivity index is 2.72. The molecule has 1 aromatic carbocycles. The molecule has 0 fully saturated rings. The maximum absolute atomic E-state index is 11.5. The quantitative estimate of drug-likeness (QED) is 0.597. The standard InChI is InChI=1S/C8H9NO2S/c1-9-6-7-4-2-3-5-8(7)12(9,10)11/h2-5H,6H2,1H3. The van der Waals surface area contributed by atoms with Crippen molar-refractivity contribution < 1.29 is 8.42 Å². The van der Waals surface area contributed by atoms with Crippen LogP contribution in [0.5, 0.6) is 0 Å². The lowest BCUT2D eigenvalue weighted by atomic mass is 10.2. The first-order valence-electron chi connectivity index (χ1n) is 3.66. The zero-order chi connectivity index (χ0) is 8.77. The second kappa shape index (κ2) is 2.31. The van der Waals surface area contributed by atoms with Crippen LogP contribution in [0.3, 0.4) is 0 Å². The van der Waals surface area contributed by atoms with Crippen LogP contribution in [-0.4, -0.2) is 19.8 Å². The van der Waals surface area contributed by atoms with Crippen LogP contribution >= 0.6 is 0 Å². The van der Waals surface area contributed by atoms with Crippen LogP contribution in [0.1, 0.15) is 5.56 Å². The highest BCUT2D eigenvalue weighted by atomic mass is 32.2. The van der Waals surface area contributed by atoms with Gasteiger partial charge in [0.25, 0.3) is 0 Å². The van der Waals surface area contributed by atoms with E-state index >= 15 is 0 Å². The molecule has 0 amide bonds. The van der Waals surface area contributed by atoms with Crippen LogP contribution in [0, 0.1) is 0 Å². The number of sulfonamides is 1. The molecule has 0 atom stereocenters. The molecule has 1 aliphatic heterocycles. The van der Waals surface area contributed by atoms with Gasteiger partial charge in [0, 0.05) is 13.6 Å². The number of fused-ring (bicyclic) bond motifs is 1. The van der Waals surface area contributed by atoms with Gasteiger partial charge < -0.3 is 0 Å². The Labute approximate surface area is 71.7 Å². The van der Waals surface area contributed by atoms with Crippen molar-refractivity contribution in [2.75, 3.05) is 7.05 Å². The number of rotatable bonds is 0. The summed E-state index contributed by atoms with van der Waals surface area (Å²) in [5, 5.41) is 0. The third-order valence-corrected chi connectivity index (χ3v) is 3.96. The van der Waals surface area contributed by atoms with Gasteiger partial charge in [-0.15, -0.1) is 0 Å². The van der Waals surface area contributed by atoms with Gasteiger partial charge in [-0.25, -0.2) is 8.42 Å². The van der Waals surface area contributed by atoms with E-state index in [1.807, 2.05) is 12.1 Å². The van der Waals surface area contributed by atoms with Gasteiger partial charge >= 0.3 is 0 Å². The lowest BCUT2D eigenvalue weighted by Crippen LogP contribution is -2.18. The monoisotopic (exact) mass is 183 g/mol. The molecule has 4 heteroatoms. The Morgan fingerprint density at radius 3 is 2.67 bits per heavy atom. The molecule has 12 heavy (non-hydrogen) atoms. The van der Waals surface area contributed by atoms with Crippen molar-refractivity contribution >= 4 is 10.0 Å². The summed E-state index contributed by atoms with van der Waals surface area (Å²) in [6.07, 6.45) is 0. The van der Waals surface area contributed by atoms with Crippen molar-refractivity contribution in [1.29, 1.82) is 0 Å². The van der Waals surface area contributed by atoms with Gasteiger partial charge in [0.2, 0.25) is 10.0 Å². The van der Waals surface area contributed by atoms with Gasteiger partial charge in [-0.05, 0) is 11.6 Å². The summed E-state index contributed by atoms with van der Waals surface area (Å²) in [4.78, 5) is 0.451. The first-order valence-corrected chi connectivity index (χ1v) is 5.10. The van der Waals surface area contributed by atoms with Gasteiger partial charge in [0.05, 0.1) is 4.90 Å². The second-order valence-corrected chi connectivity index (χ2v) is 4.88. The summed E-state index contributed by atoms with van der Waals surface area (Å²) >= 11 is 0. The predicted octanol–water partition coefficient (Wildman–Crippen LogP) is 0.821. The number of nitrogens with zero attached hydrogens (tertiary/aromatic N) is 1. The van der Waals surface area contributed by atoms with Crippen LogP contribution < -0.4 is 0 Å². The van der Waals surface area contributed by atoms with Crippen molar-refractivity contribution in [2.45, 2.75) is 11.4 Å². The van der Waals surface area contributed by atoms with Crippen LogP contribution in [0.4, 0.5) is 0 Å². The molecule has 0 bridgehead atoms. The van der Waals surface area contributed by atoms with E-state index in [9.17, 15) is 8.42 Å². The normalized spacial score (nSPS) is 20.8. The van der Waals surface area contributed by atoms with E-state index in [2.05, 4.69) is 0 Å². The minimum Gasteiger partial charge on any atom is -0.207 e. The third kappa shape index (κ3) is 0.884. The van der Waals surface area contributed by atoms with Crippen molar-refractivity contribution in [2.24, 2.45) is 0 Å². The zero-order valence-corrected chi connectivity index (χ0v) is 7.50. The molecule has 1 heterocycles. The molecule has 0 unspecified atom stereocenters. The summed E-state index contributed by atoms with van der Waals surface area (Å²) < 4.78 is 24.4. The molecule has 0 aliphatic carbocycles. The van der Waals surface area contributed by atoms with Gasteiger partial charge in [-0.1, -0.05) is 18.2 Å². The minimum atomic E-state index is -3.15. The average Bonchev–Trinajstić information content (AvgIpc) is 2.25. The topological polar surface area (TPSA) is 37.4 Å². The second-order valence-electron chi connectivity index (χ2n) is 2.87. The fraction of sp³-hybridized carbons (Fsp3) is 0.250. The molecule has 0 saturated heterocycles. The molecule has 3 nitrogen and oxygen atoms in total. The van der Waals surface area contributed by atoms with Gasteiger partial charge in [-0.3, -0.25) is 0 Å². The van der Waals surface area contributed by atoms with Crippen molar-refractivity contribution in [1.82, 2.24) is 4.31 Å². The lowest BCUT2D eigenvalue weighted by Gasteiger charge is -2.04. The van der Waals surface area contributed by atoms with Crippen LogP contribution in [0.15, 0.2) is 29.2 Å². The van der Waals surface area contributed by atoms with E-state index in [0.29, 0.717) is 11.4 Å². The maximum Gasteiger partial charge on any atom is 0.243 e. The Bertz CT molecular complexity index is 411. The summed E-state index contributed by atoms with van der Waals surface area (Å²) in [5.74, 6) is 0. The Hall–Kier alpha value is -0.870. The summed E-state index contributed by atoms with van der Waals surface area (Å²) in [6, 6.07) is 7.09. The fourth-order valence-electron chi connectivity index (χ4n) is 1.38. The average molecular weight is 183 g/mol. The van der Waals surface area contributed by atoms with E-state index in [0.717, 1.165) is 5.56 Å². The summed E-state index contributed by atoms with van der Waals surface area (Å²) in [6.45, 7) is 0.499. The number of hydrogen-bond acceptors (Lipinski definition) is 2. The lowest BCUT2D eigenvalue weighted by molar-refractivity contribution is 0.488. The molecule has 1 aromatic rings. The van der Waals surface area contributed by atoms with Gasteiger partial charge in [0.1, 0.15) is 0 Å². The van der Waals surface area contributed by atoms with Crippen molar-refractivity contribution in [3.05, 3.63) is 29.8 Å². The largest absolute Gasteiger partial charge is 0.243 e. The molecule has 0 N–H and O–H groups in total. The molecular weight excluding hydrogens is 174 g/mol. The number of benzene rings is 1. The highest BCUT2D eigenvalue weighted by molar-refractivity contribution is 7.89. The molecule has 64 valence electrons. The third-order valence-electron chi connectivity index (χ3n) is 2.05. The zero-order valence-electron chi connectivity index (χ0n) is 6.69. The van der Waals surface area contributed by atoms with E-state index in [1.165, 1.54) is 4.31 Å². The molecule has 2 rings (SSSR count). The minimum absolute atomic E-state index is 0.451. The highest BCUT2D eigenvalue weighted by Crippen LogP contribution is 2.27. The van der Waals surface area contributed by atoms with Crippen LogP contribution in [-0.2, 0) is 16.6 Å². The SMILES string of the molecule is CN1Cc2ccccc2S1(=O)=O. The van der Waals surface area contributed by atoms with E-state index in [1.54, 1.807) is 19.2 Å². The van der Waals surface area contributed by atoms with Gasteiger partial charge in [0.15, 0.2) is 0 Å². The Kier molecular flexibility index (Phi) is 1.49. The molecule has 0 spiro atoms. The summed E-state index contributed by atoms with van der Waals surface area (Å²) in [7, 11) is -1.56. The van der Waals surface area contributed by atoms with Gasteiger partial charge in [-0.2, -0.15) is 4.31 Å². The summed E-state index contributed by atoms with van der Waals surface area (Å²) in [5.41, 5.74) is 0.889. The van der Waals surface area contributed by atoms with Crippen LogP contribution in [0.2, 0.25) is 0 Å². The highest BCUT2D eigenvalue weighted by Gasteiger charge is 2.30. The van der Waals surface area contributed by atoms with E-state index < -0.39 is 10.0 Å². The Morgan fingerprint density at radius 1 is 1.33 bits per heavy atom. The van der Waals surface area contributed by atoms with Crippen LogP contribution in [0.25, 0.3) is 0 Å². The van der Waals surface area contributed by atoms with E-state index in [-0.39, 0.29) is 0 Å². The van der Waals surface area contributed by atoms with Crippen molar-refractivity contribution in [3.8, 4) is 0 Å². The molecule has 1 aliphatic rings.